The van der Waals surface area contributed by atoms with Gasteiger partial charge in [0.25, 0.3) is 0 Å². The van der Waals surface area contributed by atoms with Crippen molar-refractivity contribution in [2.24, 2.45) is 35.5 Å². The number of aliphatic hydroxyl groups is 1. The summed E-state index contributed by atoms with van der Waals surface area (Å²) < 4.78 is 0. The van der Waals surface area contributed by atoms with Gasteiger partial charge >= 0.3 is 0 Å². The van der Waals surface area contributed by atoms with Crippen molar-refractivity contribution in [3.63, 3.8) is 0 Å². The van der Waals surface area contributed by atoms with Gasteiger partial charge in [-0.1, -0.05) is 26.7 Å². The number of hydrogen-bond acceptors (Lipinski definition) is 1. The second-order valence-electron chi connectivity index (χ2n) is 7.73. The van der Waals surface area contributed by atoms with E-state index in [0.29, 0.717) is 0 Å². The fraction of sp³-hybridized carbons (Fsp3) is 1.00. The second-order valence-corrected chi connectivity index (χ2v) is 7.73. The van der Waals surface area contributed by atoms with Crippen LogP contribution in [0.15, 0.2) is 0 Å². The van der Waals surface area contributed by atoms with E-state index in [0.717, 1.165) is 48.3 Å². The van der Waals surface area contributed by atoms with E-state index in [1.807, 2.05) is 13.8 Å². The maximum absolute atomic E-state index is 9.89. The molecule has 0 aromatic heterocycles. The molecule has 0 aromatic rings. The van der Waals surface area contributed by atoms with Gasteiger partial charge in [0.1, 0.15) is 0 Å². The molecule has 4 aliphatic carbocycles. The molecule has 4 saturated carbocycles. The van der Waals surface area contributed by atoms with Crippen molar-refractivity contribution in [1.29, 1.82) is 0 Å². The molecule has 20 heavy (non-hydrogen) atoms. The lowest BCUT2D eigenvalue weighted by Gasteiger charge is -2.52. The Morgan fingerprint density at radius 2 is 1.20 bits per heavy atom. The molecule has 4 aliphatic rings. The van der Waals surface area contributed by atoms with Gasteiger partial charge in [0.2, 0.25) is 0 Å². The first kappa shape index (κ1) is 14.9. The normalized spacial score (nSPS) is 50.2. The Kier molecular flexibility index (Phi) is 4.75. The first-order chi connectivity index (χ1) is 9.83. The van der Waals surface area contributed by atoms with Gasteiger partial charge in [0.15, 0.2) is 0 Å². The van der Waals surface area contributed by atoms with E-state index in [2.05, 4.69) is 0 Å². The monoisotopic (exact) mass is 278 g/mol. The summed E-state index contributed by atoms with van der Waals surface area (Å²) >= 11 is 0. The Balaban J connectivity index is 0.000000581. The van der Waals surface area contributed by atoms with Crippen molar-refractivity contribution in [1.82, 2.24) is 0 Å². The maximum Gasteiger partial charge on any atom is 0.0543 e. The van der Waals surface area contributed by atoms with Crippen LogP contribution in [0.4, 0.5) is 0 Å². The molecule has 7 atom stereocenters. The molecule has 0 bridgehead atoms. The third-order valence-electron chi connectivity index (χ3n) is 7.12. The van der Waals surface area contributed by atoms with E-state index in [-0.39, 0.29) is 6.10 Å². The highest BCUT2D eigenvalue weighted by Crippen LogP contribution is 2.57. The number of aliphatic hydroxyl groups excluding tert-OH is 1. The average Bonchev–Trinajstić information content (AvgIpc) is 2.97. The smallest absolute Gasteiger partial charge is 0.0543 e. The summed E-state index contributed by atoms with van der Waals surface area (Å²) in [6.45, 7) is 4.00. The van der Waals surface area contributed by atoms with E-state index in [9.17, 15) is 5.11 Å². The van der Waals surface area contributed by atoms with Crippen LogP contribution in [0.1, 0.15) is 78.1 Å². The summed E-state index contributed by atoms with van der Waals surface area (Å²) in [4.78, 5) is 0. The quantitative estimate of drug-likeness (QED) is 0.659. The van der Waals surface area contributed by atoms with E-state index in [4.69, 9.17) is 0 Å². The second kappa shape index (κ2) is 6.38. The van der Waals surface area contributed by atoms with Crippen molar-refractivity contribution >= 4 is 0 Å². The van der Waals surface area contributed by atoms with Gasteiger partial charge in [-0.15, -0.1) is 0 Å². The molecule has 0 heterocycles. The zero-order valence-electron chi connectivity index (χ0n) is 13.6. The zero-order valence-corrected chi connectivity index (χ0v) is 13.6. The first-order valence-corrected chi connectivity index (χ1v) is 9.51. The van der Waals surface area contributed by atoms with E-state index >= 15 is 0 Å². The number of fused-ring (bicyclic) bond motifs is 5. The first-order valence-electron chi connectivity index (χ1n) is 9.51. The summed E-state index contributed by atoms with van der Waals surface area (Å²) in [5, 5.41) is 9.89. The number of hydrogen-bond donors (Lipinski definition) is 1. The largest absolute Gasteiger partial charge is 0.393 e. The van der Waals surface area contributed by atoms with Crippen molar-refractivity contribution in [2.75, 3.05) is 0 Å². The molecule has 1 N–H and O–H groups in total. The van der Waals surface area contributed by atoms with Gasteiger partial charge in [-0.25, -0.2) is 0 Å². The Morgan fingerprint density at radius 1 is 0.600 bits per heavy atom. The van der Waals surface area contributed by atoms with Gasteiger partial charge < -0.3 is 5.11 Å². The molecule has 1 heteroatoms. The van der Waals surface area contributed by atoms with Crippen LogP contribution in [-0.2, 0) is 0 Å². The highest BCUT2D eigenvalue weighted by atomic mass is 16.3. The molecule has 0 aromatic carbocycles. The molecule has 4 fully saturated rings. The van der Waals surface area contributed by atoms with Crippen LogP contribution >= 0.6 is 0 Å². The SMILES string of the molecule is CC.O[C@@H]1CCC2C3CCC4CCCC4C3CC[C@H]2C1. The molecule has 5 unspecified atom stereocenters. The predicted molar refractivity (Wildman–Crippen MR) is 84.5 cm³/mol. The Labute approximate surface area is 125 Å². The van der Waals surface area contributed by atoms with Crippen molar-refractivity contribution < 1.29 is 5.11 Å². The lowest BCUT2D eigenvalue weighted by molar-refractivity contribution is -0.0457. The van der Waals surface area contributed by atoms with Crippen LogP contribution in [0.25, 0.3) is 0 Å². The summed E-state index contributed by atoms with van der Waals surface area (Å²) in [7, 11) is 0. The molecule has 116 valence electrons. The van der Waals surface area contributed by atoms with Gasteiger partial charge in [0.05, 0.1) is 6.10 Å². The van der Waals surface area contributed by atoms with Gasteiger partial charge in [-0.05, 0) is 86.9 Å². The number of rotatable bonds is 0. The summed E-state index contributed by atoms with van der Waals surface area (Å²) in [5.74, 6) is 6.23. The molecule has 0 spiro atoms. The maximum atomic E-state index is 9.89. The van der Waals surface area contributed by atoms with Gasteiger partial charge in [-0.2, -0.15) is 0 Å². The van der Waals surface area contributed by atoms with Crippen LogP contribution in [0.5, 0.6) is 0 Å². The highest BCUT2D eigenvalue weighted by Gasteiger charge is 2.49. The van der Waals surface area contributed by atoms with Gasteiger partial charge in [0, 0.05) is 0 Å². The highest BCUT2D eigenvalue weighted by molar-refractivity contribution is 4.99. The van der Waals surface area contributed by atoms with Crippen LogP contribution in [0, 0.1) is 35.5 Å². The van der Waals surface area contributed by atoms with Crippen molar-refractivity contribution in [3.8, 4) is 0 Å². The third kappa shape index (κ3) is 2.56. The lowest BCUT2D eigenvalue weighted by atomic mass is 9.53. The summed E-state index contributed by atoms with van der Waals surface area (Å²) in [6.07, 6.45) is 14.2. The standard InChI is InChI=1S/C17H28O.C2H6/c18-13-6-9-15-12(10-13)5-8-16-14-3-1-2-11(14)4-7-17(15)16;1-2/h11-18H,1-10H2;1-2H3/t11?,12-,13+,14?,15?,16?,17?;/m0./s1. The van der Waals surface area contributed by atoms with Crippen LogP contribution in [0.3, 0.4) is 0 Å². The van der Waals surface area contributed by atoms with Crippen molar-refractivity contribution in [3.05, 3.63) is 0 Å². The zero-order chi connectivity index (χ0) is 14.1. The molecule has 0 aliphatic heterocycles. The van der Waals surface area contributed by atoms with E-state index < -0.39 is 0 Å². The topological polar surface area (TPSA) is 20.2 Å². The van der Waals surface area contributed by atoms with Crippen LogP contribution in [-0.4, -0.2) is 11.2 Å². The van der Waals surface area contributed by atoms with Gasteiger partial charge in [-0.3, -0.25) is 0 Å². The lowest BCUT2D eigenvalue weighted by Crippen LogP contribution is -2.45. The molecule has 1 nitrogen and oxygen atoms in total. The molecule has 0 amide bonds. The molecular weight excluding hydrogens is 244 g/mol. The molecule has 0 saturated heterocycles. The third-order valence-corrected chi connectivity index (χ3v) is 7.12. The van der Waals surface area contributed by atoms with Crippen LogP contribution in [0.2, 0.25) is 0 Å². The molecule has 4 rings (SSSR count). The Hall–Kier alpha value is -0.0400. The minimum absolute atomic E-state index is 0.0330. The van der Waals surface area contributed by atoms with Crippen LogP contribution < -0.4 is 0 Å². The molecular formula is C19H34O. The predicted octanol–water partition coefficient (Wildman–Crippen LogP) is 5.03. The minimum atomic E-state index is 0.0330. The van der Waals surface area contributed by atoms with E-state index in [1.54, 1.807) is 12.8 Å². The fourth-order valence-corrected chi connectivity index (χ4v) is 6.45. The molecule has 0 radical (unpaired) electrons. The summed E-state index contributed by atoms with van der Waals surface area (Å²) in [6, 6.07) is 0. The Morgan fingerprint density at radius 3 is 1.95 bits per heavy atom. The van der Waals surface area contributed by atoms with E-state index in [1.165, 1.54) is 38.5 Å². The average molecular weight is 278 g/mol. The Bertz CT molecular complexity index is 313. The minimum Gasteiger partial charge on any atom is -0.393 e. The summed E-state index contributed by atoms with van der Waals surface area (Å²) in [5.41, 5.74) is 0. The fourth-order valence-electron chi connectivity index (χ4n) is 6.45. The van der Waals surface area contributed by atoms with Crippen molar-refractivity contribution in [2.45, 2.75) is 84.2 Å².